The highest BCUT2D eigenvalue weighted by atomic mass is 16.5. The van der Waals surface area contributed by atoms with Gasteiger partial charge in [-0.3, -0.25) is 0 Å². The van der Waals surface area contributed by atoms with Crippen LogP contribution in [-0.2, 0) is 0 Å². The van der Waals surface area contributed by atoms with E-state index in [9.17, 15) is 0 Å². The number of benzene rings is 2. The molecule has 0 aliphatic carbocycles. The molecule has 3 rings (SSSR count). The third-order valence-corrected chi connectivity index (χ3v) is 3.92. The van der Waals surface area contributed by atoms with Crippen LogP contribution in [0.4, 0.5) is 0 Å². The Morgan fingerprint density at radius 3 is 2.42 bits per heavy atom. The minimum atomic E-state index is 0.0500. The van der Waals surface area contributed by atoms with Crippen molar-refractivity contribution in [1.29, 1.82) is 0 Å². The topological polar surface area (TPSA) is 35.2 Å². The molecular formula is C17H19NO. The van der Waals surface area contributed by atoms with Crippen molar-refractivity contribution in [1.82, 2.24) is 0 Å². The summed E-state index contributed by atoms with van der Waals surface area (Å²) in [6.07, 6.45) is 0.897. The zero-order valence-electron chi connectivity index (χ0n) is 11.4. The molecular weight excluding hydrogens is 234 g/mol. The van der Waals surface area contributed by atoms with Gasteiger partial charge in [0.1, 0.15) is 11.9 Å². The summed E-state index contributed by atoms with van der Waals surface area (Å²) in [5.74, 6) is 0.925. The lowest BCUT2D eigenvalue weighted by Gasteiger charge is -2.32. The molecule has 0 fully saturated rings. The van der Waals surface area contributed by atoms with Gasteiger partial charge in [0, 0.05) is 18.0 Å². The summed E-state index contributed by atoms with van der Waals surface area (Å²) in [5, 5.41) is 0. The van der Waals surface area contributed by atoms with Crippen LogP contribution in [0.3, 0.4) is 0 Å². The van der Waals surface area contributed by atoms with Crippen LogP contribution in [0, 0.1) is 13.8 Å². The second kappa shape index (κ2) is 4.71. The van der Waals surface area contributed by atoms with Crippen LogP contribution in [-0.4, -0.2) is 0 Å². The Morgan fingerprint density at radius 1 is 1.00 bits per heavy atom. The van der Waals surface area contributed by atoms with Crippen LogP contribution < -0.4 is 10.5 Å². The molecule has 19 heavy (non-hydrogen) atoms. The van der Waals surface area contributed by atoms with Gasteiger partial charge in [0.25, 0.3) is 0 Å². The number of rotatable bonds is 1. The molecule has 2 unspecified atom stereocenters. The number of hydrogen-bond donors (Lipinski definition) is 1. The van der Waals surface area contributed by atoms with Gasteiger partial charge >= 0.3 is 0 Å². The number of nitrogens with two attached hydrogens (primary N) is 1. The zero-order valence-corrected chi connectivity index (χ0v) is 11.4. The highest BCUT2D eigenvalue weighted by Crippen LogP contribution is 2.40. The summed E-state index contributed by atoms with van der Waals surface area (Å²) in [4.78, 5) is 0. The van der Waals surface area contributed by atoms with Crippen molar-refractivity contribution < 1.29 is 4.74 Å². The van der Waals surface area contributed by atoms with Crippen molar-refractivity contribution in [2.45, 2.75) is 32.4 Å². The molecule has 0 amide bonds. The molecule has 2 nitrogen and oxygen atoms in total. The van der Waals surface area contributed by atoms with E-state index < -0.39 is 0 Å². The molecule has 0 spiro atoms. The van der Waals surface area contributed by atoms with Crippen LogP contribution in [0.25, 0.3) is 0 Å². The minimum absolute atomic E-state index is 0.0500. The fourth-order valence-electron chi connectivity index (χ4n) is 2.97. The van der Waals surface area contributed by atoms with E-state index in [1.165, 1.54) is 16.7 Å². The monoisotopic (exact) mass is 253 g/mol. The van der Waals surface area contributed by atoms with Gasteiger partial charge in [0.05, 0.1) is 0 Å². The van der Waals surface area contributed by atoms with Crippen LogP contribution in [0.5, 0.6) is 5.75 Å². The number of ether oxygens (including phenoxy) is 1. The fourth-order valence-corrected chi connectivity index (χ4v) is 2.97. The molecule has 1 heterocycles. The number of para-hydroxylation sites is 1. The third kappa shape index (κ3) is 2.13. The molecule has 0 radical (unpaired) electrons. The first kappa shape index (κ1) is 12.2. The summed E-state index contributed by atoms with van der Waals surface area (Å²) in [6.45, 7) is 4.27. The van der Waals surface area contributed by atoms with Gasteiger partial charge in [0.15, 0.2) is 0 Å². The third-order valence-electron chi connectivity index (χ3n) is 3.92. The maximum atomic E-state index is 6.29. The van der Waals surface area contributed by atoms with Crippen molar-refractivity contribution in [3.63, 3.8) is 0 Å². The maximum absolute atomic E-state index is 6.29. The Balaban J connectivity index is 2.02. The molecule has 0 aromatic heterocycles. The predicted molar refractivity (Wildman–Crippen MR) is 77.3 cm³/mol. The standard InChI is InChI=1S/C17H19NO/c1-11-6-5-7-12(2)17(11)16-10-14(18)13-8-3-4-9-15(13)19-16/h3-9,14,16H,10,18H2,1-2H3. The van der Waals surface area contributed by atoms with Crippen LogP contribution in [0.2, 0.25) is 0 Å². The first-order valence-corrected chi connectivity index (χ1v) is 6.74. The van der Waals surface area contributed by atoms with Crippen LogP contribution in [0.1, 0.15) is 40.8 Å². The summed E-state index contributed by atoms with van der Waals surface area (Å²) < 4.78 is 6.17. The SMILES string of the molecule is Cc1cccc(C)c1C1CC(N)c2ccccc2O1. The highest BCUT2D eigenvalue weighted by Gasteiger charge is 2.28. The van der Waals surface area contributed by atoms with Gasteiger partial charge in [0.2, 0.25) is 0 Å². The van der Waals surface area contributed by atoms with Crippen molar-refractivity contribution in [2.24, 2.45) is 5.73 Å². The van der Waals surface area contributed by atoms with Crippen molar-refractivity contribution in [3.8, 4) is 5.75 Å². The Morgan fingerprint density at radius 2 is 1.68 bits per heavy atom. The lowest BCUT2D eigenvalue weighted by Crippen LogP contribution is -2.25. The summed E-state index contributed by atoms with van der Waals surface area (Å²) in [7, 11) is 0. The normalized spacial score (nSPS) is 21.6. The fraction of sp³-hybridized carbons (Fsp3) is 0.294. The quantitative estimate of drug-likeness (QED) is 0.838. The first-order chi connectivity index (χ1) is 9.16. The minimum Gasteiger partial charge on any atom is -0.485 e. The Hall–Kier alpha value is -1.80. The lowest BCUT2D eigenvalue weighted by molar-refractivity contribution is 0.160. The molecule has 0 saturated carbocycles. The summed E-state index contributed by atoms with van der Waals surface area (Å²) >= 11 is 0. The summed E-state index contributed by atoms with van der Waals surface area (Å²) in [5.41, 5.74) is 11.2. The molecule has 2 aromatic carbocycles. The second-order valence-electron chi connectivity index (χ2n) is 5.29. The van der Waals surface area contributed by atoms with E-state index in [-0.39, 0.29) is 12.1 Å². The Kier molecular flexibility index (Phi) is 3.03. The first-order valence-electron chi connectivity index (χ1n) is 6.74. The number of hydrogen-bond acceptors (Lipinski definition) is 2. The Bertz CT molecular complexity index is 586. The van der Waals surface area contributed by atoms with Crippen molar-refractivity contribution in [3.05, 3.63) is 64.7 Å². The number of fused-ring (bicyclic) bond motifs is 1. The molecule has 2 atom stereocenters. The van der Waals surface area contributed by atoms with E-state index in [1.54, 1.807) is 0 Å². The van der Waals surface area contributed by atoms with Gasteiger partial charge in [-0.05, 0) is 36.6 Å². The number of aryl methyl sites for hydroxylation is 2. The van der Waals surface area contributed by atoms with Crippen LogP contribution >= 0.6 is 0 Å². The smallest absolute Gasteiger partial charge is 0.126 e. The van der Waals surface area contributed by atoms with Gasteiger partial charge in [-0.25, -0.2) is 0 Å². The summed E-state index contributed by atoms with van der Waals surface area (Å²) in [6, 6.07) is 14.5. The van der Waals surface area contributed by atoms with Gasteiger partial charge in [-0.15, -0.1) is 0 Å². The molecule has 1 aliphatic heterocycles. The Labute approximate surface area is 114 Å². The van der Waals surface area contributed by atoms with E-state index in [4.69, 9.17) is 10.5 Å². The molecule has 2 N–H and O–H groups in total. The maximum Gasteiger partial charge on any atom is 0.126 e. The van der Waals surface area contributed by atoms with E-state index in [0.29, 0.717) is 0 Å². The molecule has 0 saturated heterocycles. The van der Waals surface area contributed by atoms with E-state index in [1.807, 2.05) is 18.2 Å². The molecule has 2 heteroatoms. The largest absolute Gasteiger partial charge is 0.485 e. The molecule has 1 aliphatic rings. The molecule has 0 bridgehead atoms. The molecule has 98 valence electrons. The van der Waals surface area contributed by atoms with Gasteiger partial charge in [-0.2, -0.15) is 0 Å². The van der Waals surface area contributed by atoms with Crippen molar-refractivity contribution in [2.75, 3.05) is 0 Å². The van der Waals surface area contributed by atoms with E-state index in [0.717, 1.165) is 17.7 Å². The average molecular weight is 253 g/mol. The molecule has 2 aromatic rings. The highest BCUT2D eigenvalue weighted by molar-refractivity contribution is 5.42. The van der Waals surface area contributed by atoms with Crippen molar-refractivity contribution >= 4 is 0 Å². The van der Waals surface area contributed by atoms with E-state index >= 15 is 0 Å². The van der Waals surface area contributed by atoms with Gasteiger partial charge in [-0.1, -0.05) is 36.4 Å². The predicted octanol–water partition coefficient (Wildman–Crippen LogP) is 3.83. The second-order valence-corrected chi connectivity index (χ2v) is 5.29. The average Bonchev–Trinajstić information content (AvgIpc) is 2.38. The zero-order chi connectivity index (χ0) is 13.4. The lowest BCUT2D eigenvalue weighted by atomic mass is 9.89. The van der Waals surface area contributed by atoms with E-state index in [2.05, 4.69) is 38.1 Å². The van der Waals surface area contributed by atoms with Crippen LogP contribution in [0.15, 0.2) is 42.5 Å². The van der Waals surface area contributed by atoms with Gasteiger partial charge < -0.3 is 10.5 Å².